The normalized spacial score (nSPS) is 16.3. The molecule has 1 unspecified atom stereocenters. The van der Waals surface area contributed by atoms with E-state index in [2.05, 4.69) is 66.5 Å². The molecule has 0 aromatic heterocycles. The molecule has 1 aliphatic heterocycles. The predicted octanol–water partition coefficient (Wildman–Crippen LogP) is 2.91. The van der Waals surface area contributed by atoms with Crippen LogP contribution in [0.1, 0.15) is 24.0 Å². The molecule has 0 saturated carbocycles. The van der Waals surface area contributed by atoms with E-state index in [1.165, 1.54) is 30.5 Å². The molecule has 0 radical (unpaired) electrons. The molecule has 3 rings (SSSR count). The minimum absolute atomic E-state index is 0.578. The molecule has 1 heterocycles. The van der Waals surface area contributed by atoms with Gasteiger partial charge in [0.2, 0.25) is 0 Å². The van der Waals surface area contributed by atoms with Gasteiger partial charge >= 0.3 is 11.9 Å². The highest BCUT2D eigenvalue weighted by Crippen LogP contribution is 2.19. The van der Waals surface area contributed by atoms with Gasteiger partial charge in [-0.05, 0) is 56.1 Å². The van der Waals surface area contributed by atoms with Gasteiger partial charge in [0.05, 0.1) is 0 Å². The molecular weight excluding hydrogens is 346 g/mol. The molecule has 0 spiro atoms. The number of carboxylic acid groups (broad SMARTS) is 2. The Morgan fingerprint density at radius 3 is 2.11 bits per heavy atom. The van der Waals surface area contributed by atoms with Crippen molar-refractivity contribution in [2.75, 3.05) is 20.2 Å². The zero-order valence-corrected chi connectivity index (χ0v) is 15.4. The molecule has 1 atom stereocenters. The third-order valence-electron chi connectivity index (χ3n) is 4.47. The molecule has 0 aliphatic carbocycles. The maximum atomic E-state index is 9.10. The Morgan fingerprint density at radius 1 is 1.00 bits per heavy atom. The fraction of sp³-hybridized carbons (Fsp3) is 0.333. The van der Waals surface area contributed by atoms with Crippen molar-refractivity contribution in [3.05, 3.63) is 65.7 Å². The van der Waals surface area contributed by atoms with Crippen molar-refractivity contribution >= 4 is 11.9 Å². The molecule has 6 nitrogen and oxygen atoms in total. The molecular formula is C21H25NO5. The zero-order valence-electron chi connectivity index (χ0n) is 15.4. The Balaban J connectivity index is 0.000000380. The average Bonchev–Trinajstić information content (AvgIpc) is 3.07. The lowest BCUT2D eigenvalue weighted by Gasteiger charge is -2.19. The minimum Gasteiger partial charge on any atom is -0.492 e. The van der Waals surface area contributed by atoms with Crippen LogP contribution in [0.25, 0.3) is 0 Å². The highest BCUT2D eigenvalue weighted by molar-refractivity contribution is 6.27. The molecule has 0 amide bonds. The second kappa shape index (κ2) is 10.3. The largest absolute Gasteiger partial charge is 0.492 e. The van der Waals surface area contributed by atoms with E-state index in [0.717, 1.165) is 18.8 Å². The van der Waals surface area contributed by atoms with Crippen LogP contribution in [-0.4, -0.2) is 53.3 Å². The number of carboxylic acids is 2. The molecule has 1 aliphatic rings. The van der Waals surface area contributed by atoms with Crippen LogP contribution < -0.4 is 4.74 Å². The van der Waals surface area contributed by atoms with Crippen molar-refractivity contribution in [1.82, 2.24) is 4.90 Å². The summed E-state index contributed by atoms with van der Waals surface area (Å²) in [5.74, 6) is -2.67. The topological polar surface area (TPSA) is 87.1 Å². The summed E-state index contributed by atoms with van der Waals surface area (Å²) >= 11 is 0. The first-order valence-corrected chi connectivity index (χ1v) is 8.88. The van der Waals surface area contributed by atoms with Gasteiger partial charge < -0.3 is 19.8 Å². The van der Waals surface area contributed by atoms with Crippen molar-refractivity contribution in [3.63, 3.8) is 0 Å². The summed E-state index contributed by atoms with van der Waals surface area (Å²) in [5.41, 5.74) is 2.67. The summed E-state index contributed by atoms with van der Waals surface area (Å²) in [5, 5.41) is 14.8. The standard InChI is InChI=1S/C19H23NO.C2H2O4/c1-20-13-5-8-18(20)15-21-19-11-9-17(10-12-19)14-16-6-3-2-4-7-16;3-1(4)2(5)6/h2-4,6-7,9-12,18H,5,8,13-15H2,1H3;(H,3,4)(H,5,6). The fourth-order valence-corrected chi connectivity index (χ4v) is 2.92. The third kappa shape index (κ3) is 7.11. The van der Waals surface area contributed by atoms with Crippen LogP contribution in [-0.2, 0) is 16.0 Å². The second-order valence-electron chi connectivity index (χ2n) is 6.50. The average molecular weight is 371 g/mol. The molecule has 2 aromatic carbocycles. The third-order valence-corrected chi connectivity index (χ3v) is 4.47. The number of hydrogen-bond acceptors (Lipinski definition) is 4. The zero-order chi connectivity index (χ0) is 19.6. The lowest BCUT2D eigenvalue weighted by atomic mass is 10.1. The maximum absolute atomic E-state index is 9.10. The van der Waals surface area contributed by atoms with Crippen LogP contribution >= 0.6 is 0 Å². The molecule has 6 heteroatoms. The van der Waals surface area contributed by atoms with Crippen LogP contribution in [0.5, 0.6) is 5.75 Å². The van der Waals surface area contributed by atoms with Crippen LogP contribution in [0.15, 0.2) is 54.6 Å². The van der Waals surface area contributed by atoms with Gasteiger partial charge in [-0.1, -0.05) is 42.5 Å². The van der Waals surface area contributed by atoms with E-state index in [1.807, 2.05) is 0 Å². The Hall–Kier alpha value is -2.86. The Labute approximate surface area is 159 Å². The number of carbonyl (C=O) groups is 2. The predicted molar refractivity (Wildman–Crippen MR) is 102 cm³/mol. The molecule has 2 aromatic rings. The van der Waals surface area contributed by atoms with Crippen LogP contribution in [0.4, 0.5) is 0 Å². The van der Waals surface area contributed by atoms with Crippen molar-refractivity contribution in [1.29, 1.82) is 0 Å². The van der Waals surface area contributed by atoms with Crippen molar-refractivity contribution in [2.45, 2.75) is 25.3 Å². The number of hydrogen-bond donors (Lipinski definition) is 2. The lowest BCUT2D eigenvalue weighted by molar-refractivity contribution is -0.159. The molecule has 1 saturated heterocycles. The van der Waals surface area contributed by atoms with Gasteiger partial charge in [0.1, 0.15) is 12.4 Å². The van der Waals surface area contributed by atoms with E-state index in [4.69, 9.17) is 24.5 Å². The SMILES string of the molecule is CN1CCCC1COc1ccc(Cc2ccccc2)cc1.O=C(O)C(=O)O. The van der Waals surface area contributed by atoms with Gasteiger partial charge in [-0.2, -0.15) is 0 Å². The van der Waals surface area contributed by atoms with Gasteiger partial charge in [0.15, 0.2) is 0 Å². The number of benzene rings is 2. The smallest absolute Gasteiger partial charge is 0.414 e. The molecule has 0 bridgehead atoms. The van der Waals surface area contributed by atoms with E-state index in [9.17, 15) is 0 Å². The first kappa shape index (κ1) is 20.5. The minimum atomic E-state index is -1.82. The number of likely N-dealkylation sites (tertiary alicyclic amines) is 1. The number of nitrogens with zero attached hydrogens (tertiary/aromatic N) is 1. The Kier molecular flexibility index (Phi) is 7.82. The van der Waals surface area contributed by atoms with E-state index in [1.54, 1.807) is 0 Å². The second-order valence-corrected chi connectivity index (χ2v) is 6.50. The Morgan fingerprint density at radius 2 is 1.59 bits per heavy atom. The highest BCUT2D eigenvalue weighted by atomic mass is 16.5. The van der Waals surface area contributed by atoms with Gasteiger partial charge in [-0.15, -0.1) is 0 Å². The van der Waals surface area contributed by atoms with E-state index in [-0.39, 0.29) is 0 Å². The molecule has 144 valence electrons. The van der Waals surface area contributed by atoms with Gasteiger partial charge in [-0.3, -0.25) is 0 Å². The van der Waals surface area contributed by atoms with Crippen molar-refractivity contribution in [2.24, 2.45) is 0 Å². The number of likely N-dealkylation sites (N-methyl/N-ethyl adjacent to an activating group) is 1. The summed E-state index contributed by atoms with van der Waals surface area (Å²) in [6.07, 6.45) is 3.52. The summed E-state index contributed by atoms with van der Waals surface area (Å²) in [7, 11) is 2.18. The Bertz CT molecular complexity index is 718. The highest BCUT2D eigenvalue weighted by Gasteiger charge is 2.21. The first-order chi connectivity index (χ1) is 13.0. The van der Waals surface area contributed by atoms with Gasteiger partial charge in [0, 0.05) is 6.04 Å². The van der Waals surface area contributed by atoms with Gasteiger partial charge in [-0.25, -0.2) is 9.59 Å². The number of ether oxygens (including phenoxy) is 1. The molecule has 27 heavy (non-hydrogen) atoms. The molecule has 1 fully saturated rings. The van der Waals surface area contributed by atoms with Crippen molar-refractivity contribution in [3.8, 4) is 5.75 Å². The fourth-order valence-electron chi connectivity index (χ4n) is 2.92. The summed E-state index contributed by atoms with van der Waals surface area (Å²) in [6, 6.07) is 19.7. The van der Waals surface area contributed by atoms with Crippen LogP contribution in [0, 0.1) is 0 Å². The summed E-state index contributed by atoms with van der Waals surface area (Å²) in [6.45, 7) is 2.00. The van der Waals surface area contributed by atoms with Crippen molar-refractivity contribution < 1.29 is 24.5 Å². The lowest BCUT2D eigenvalue weighted by Crippen LogP contribution is -2.30. The summed E-state index contributed by atoms with van der Waals surface area (Å²) in [4.78, 5) is 20.6. The first-order valence-electron chi connectivity index (χ1n) is 8.88. The van der Waals surface area contributed by atoms with Crippen LogP contribution in [0.2, 0.25) is 0 Å². The quantitative estimate of drug-likeness (QED) is 0.786. The monoisotopic (exact) mass is 371 g/mol. The van der Waals surface area contributed by atoms with Crippen LogP contribution in [0.3, 0.4) is 0 Å². The van der Waals surface area contributed by atoms with E-state index < -0.39 is 11.9 Å². The van der Waals surface area contributed by atoms with E-state index in [0.29, 0.717) is 6.04 Å². The van der Waals surface area contributed by atoms with E-state index >= 15 is 0 Å². The maximum Gasteiger partial charge on any atom is 0.414 e. The number of aliphatic carboxylic acids is 2. The molecule has 2 N–H and O–H groups in total. The summed E-state index contributed by atoms with van der Waals surface area (Å²) < 4.78 is 5.92. The van der Waals surface area contributed by atoms with Gasteiger partial charge in [0.25, 0.3) is 0 Å². The number of rotatable bonds is 5.